The molecule has 0 N–H and O–H groups in total. The lowest BCUT2D eigenvalue weighted by Gasteiger charge is -2.29. The summed E-state index contributed by atoms with van der Waals surface area (Å²) in [4.78, 5) is 11.6. The number of para-hydroxylation sites is 2. The van der Waals surface area contributed by atoms with Gasteiger partial charge in [-0.1, -0.05) is 105 Å². The number of aromatic nitrogens is 2. The Morgan fingerprint density at radius 2 is 1.13 bits per heavy atom. The minimum atomic E-state index is -0.124. The first-order valence-electron chi connectivity index (χ1n) is 18.3. The zero-order valence-electron chi connectivity index (χ0n) is 29.7. The fraction of sp³-hybridized carbons (Fsp3) is 0.0612. The van der Waals surface area contributed by atoms with Crippen LogP contribution in [0, 0.1) is 0 Å². The van der Waals surface area contributed by atoms with Crippen molar-refractivity contribution in [2.75, 3.05) is 4.90 Å². The molecule has 0 saturated carbocycles. The van der Waals surface area contributed by atoms with Crippen LogP contribution in [0.5, 0.6) is 0 Å². The van der Waals surface area contributed by atoms with Gasteiger partial charge in [-0.25, -0.2) is 4.98 Å². The minimum absolute atomic E-state index is 0.124. The summed E-state index contributed by atoms with van der Waals surface area (Å²) in [6.07, 6.45) is 3.65. The molecule has 0 unspecified atom stereocenters. The summed E-state index contributed by atoms with van der Waals surface area (Å²) in [6.45, 7) is 4.66. The number of hydrogen-bond acceptors (Lipinski definition) is 5. The van der Waals surface area contributed by atoms with Crippen LogP contribution in [0.15, 0.2) is 173 Å². The van der Waals surface area contributed by atoms with Crippen molar-refractivity contribution in [3.8, 4) is 33.4 Å². The molecular formula is C49H33N3O2. The molecule has 6 aromatic carbocycles. The van der Waals surface area contributed by atoms with E-state index < -0.39 is 0 Å². The summed E-state index contributed by atoms with van der Waals surface area (Å²) in [5.74, 6) is 0. The summed E-state index contributed by atoms with van der Waals surface area (Å²) < 4.78 is 12.7. The summed E-state index contributed by atoms with van der Waals surface area (Å²) >= 11 is 0. The van der Waals surface area contributed by atoms with E-state index in [1.807, 2.05) is 36.5 Å². The smallest absolute Gasteiger partial charge is 0.227 e. The maximum atomic E-state index is 6.37. The molecule has 54 heavy (non-hydrogen) atoms. The lowest BCUT2D eigenvalue weighted by atomic mass is 9.82. The van der Waals surface area contributed by atoms with Crippen molar-refractivity contribution in [1.82, 2.24) is 9.97 Å². The van der Waals surface area contributed by atoms with Crippen molar-refractivity contribution in [1.29, 1.82) is 0 Å². The van der Waals surface area contributed by atoms with Crippen LogP contribution in [0.3, 0.4) is 0 Å². The first kappa shape index (κ1) is 30.6. The molecule has 0 aliphatic heterocycles. The van der Waals surface area contributed by atoms with E-state index in [2.05, 4.69) is 150 Å². The summed E-state index contributed by atoms with van der Waals surface area (Å²) in [5.41, 5.74) is 16.6. The normalized spacial score (nSPS) is 13.1. The first-order chi connectivity index (χ1) is 26.5. The number of rotatable bonds is 5. The van der Waals surface area contributed by atoms with Gasteiger partial charge in [0.15, 0.2) is 5.58 Å². The topological polar surface area (TPSA) is 55.3 Å². The number of benzene rings is 6. The van der Waals surface area contributed by atoms with Gasteiger partial charge in [0.05, 0.1) is 5.69 Å². The van der Waals surface area contributed by atoms with E-state index >= 15 is 0 Å². The average Bonchev–Trinajstić information content (AvgIpc) is 3.87. The van der Waals surface area contributed by atoms with Crippen LogP contribution in [0.2, 0.25) is 0 Å². The molecule has 0 saturated heterocycles. The minimum Gasteiger partial charge on any atom is -0.454 e. The zero-order chi connectivity index (χ0) is 36.0. The predicted molar refractivity (Wildman–Crippen MR) is 220 cm³/mol. The molecule has 5 nitrogen and oxygen atoms in total. The number of furan rings is 2. The van der Waals surface area contributed by atoms with Gasteiger partial charge in [0, 0.05) is 62.0 Å². The van der Waals surface area contributed by atoms with Crippen molar-refractivity contribution in [3.63, 3.8) is 0 Å². The van der Waals surface area contributed by atoms with Gasteiger partial charge in [-0.3, -0.25) is 4.98 Å². The molecule has 4 heterocycles. The van der Waals surface area contributed by atoms with Gasteiger partial charge < -0.3 is 13.7 Å². The van der Waals surface area contributed by atoms with E-state index in [1.165, 1.54) is 22.3 Å². The van der Waals surface area contributed by atoms with Gasteiger partial charge in [-0.15, -0.1) is 0 Å². The lowest BCUT2D eigenvalue weighted by molar-refractivity contribution is 0.655. The fourth-order valence-electron chi connectivity index (χ4n) is 8.62. The molecule has 1 aliphatic carbocycles. The van der Waals surface area contributed by atoms with E-state index in [0.717, 1.165) is 77.7 Å². The van der Waals surface area contributed by atoms with Crippen molar-refractivity contribution < 1.29 is 8.83 Å². The Morgan fingerprint density at radius 1 is 0.481 bits per heavy atom. The van der Waals surface area contributed by atoms with E-state index in [-0.39, 0.29) is 5.41 Å². The molecule has 0 radical (unpaired) electrons. The molecule has 0 amide bonds. The molecule has 0 atom stereocenters. The van der Waals surface area contributed by atoms with Crippen LogP contribution < -0.4 is 4.90 Å². The third kappa shape index (κ3) is 4.45. The number of fused-ring (bicyclic) bond motifs is 9. The second-order valence-electron chi connectivity index (χ2n) is 14.6. The number of anilines is 3. The van der Waals surface area contributed by atoms with Crippen LogP contribution >= 0.6 is 0 Å². The summed E-state index contributed by atoms with van der Waals surface area (Å²) in [6, 6.07) is 53.7. The molecule has 0 fully saturated rings. The average molecular weight is 696 g/mol. The quantitative estimate of drug-likeness (QED) is 0.179. The molecular weight excluding hydrogens is 663 g/mol. The van der Waals surface area contributed by atoms with Crippen LogP contribution in [-0.2, 0) is 5.41 Å². The highest BCUT2D eigenvalue weighted by Gasteiger charge is 2.37. The zero-order valence-corrected chi connectivity index (χ0v) is 29.7. The number of pyridine rings is 2. The summed E-state index contributed by atoms with van der Waals surface area (Å²) in [7, 11) is 0. The first-order valence-corrected chi connectivity index (χ1v) is 18.3. The Bertz CT molecular complexity index is 2920. The van der Waals surface area contributed by atoms with Crippen molar-refractivity contribution in [2.45, 2.75) is 19.3 Å². The maximum Gasteiger partial charge on any atom is 0.227 e. The molecule has 11 rings (SSSR count). The van der Waals surface area contributed by atoms with E-state index in [4.69, 9.17) is 8.83 Å². The highest BCUT2D eigenvalue weighted by atomic mass is 16.3. The second kappa shape index (κ2) is 11.5. The summed E-state index contributed by atoms with van der Waals surface area (Å²) in [5, 5.41) is 3.11. The maximum absolute atomic E-state index is 6.37. The monoisotopic (exact) mass is 695 g/mol. The molecule has 4 aromatic heterocycles. The third-order valence-electron chi connectivity index (χ3n) is 11.2. The predicted octanol–water partition coefficient (Wildman–Crippen LogP) is 13.4. The standard InChI is InChI=1S/C49H33N3O2/c1-49(2)40-15-5-3-10-38(40)44-41(49)16-8-17-42(44)52(32-23-19-30(20-24-32)34-12-7-13-36-37-14-9-28-51-48(37)54-46(34)36)33-25-21-31(22-26-33)35-27-29-50-45-39-11-4-6-18-43(39)53-47(35)45/h3-29H,1-2H3. The third-order valence-corrected chi connectivity index (χ3v) is 11.2. The van der Waals surface area contributed by atoms with Crippen LogP contribution in [0.4, 0.5) is 17.1 Å². The van der Waals surface area contributed by atoms with Gasteiger partial charge in [-0.05, 0) is 88.5 Å². The second-order valence-corrected chi connectivity index (χ2v) is 14.6. The van der Waals surface area contributed by atoms with Crippen LogP contribution in [0.25, 0.3) is 77.5 Å². The van der Waals surface area contributed by atoms with Crippen LogP contribution in [-0.4, -0.2) is 9.97 Å². The van der Waals surface area contributed by atoms with Gasteiger partial charge in [0.25, 0.3) is 0 Å². The number of hydrogen-bond donors (Lipinski definition) is 0. The molecule has 5 heteroatoms. The molecule has 10 aromatic rings. The number of nitrogens with zero attached hydrogens (tertiary/aromatic N) is 3. The Morgan fingerprint density at radius 3 is 1.94 bits per heavy atom. The molecule has 1 aliphatic rings. The van der Waals surface area contributed by atoms with Gasteiger partial charge in [-0.2, -0.15) is 0 Å². The Hall–Kier alpha value is -6.98. The van der Waals surface area contributed by atoms with Gasteiger partial charge >= 0.3 is 0 Å². The van der Waals surface area contributed by atoms with Crippen LogP contribution in [0.1, 0.15) is 25.0 Å². The van der Waals surface area contributed by atoms with E-state index in [1.54, 1.807) is 6.20 Å². The largest absolute Gasteiger partial charge is 0.454 e. The lowest BCUT2D eigenvalue weighted by Crippen LogP contribution is -2.16. The Kier molecular flexibility index (Phi) is 6.53. The van der Waals surface area contributed by atoms with Gasteiger partial charge in [0.1, 0.15) is 16.7 Å². The Labute approximate surface area is 311 Å². The fourth-order valence-corrected chi connectivity index (χ4v) is 8.62. The SMILES string of the molecule is CC1(C)c2ccccc2-c2c(N(c3ccc(-c4cccc5c4oc4ncccc45)cc3)c3ccc(-c4ccnc5c4oc4ccccc45)cc3)cccc21. The Balaban J connectivity index is 1.07. The molecule has 0 bridgehead atoms. The van der Waals surface area contributed by atoms with Crippen molar-refractivity contribution in [2.24, 2.45) is 0 Å². The van der Waals surface area contributed by atoms with Crippen molar-refractivity contribution in [3.05, 3.63) is 175 Å². The highest BCUT2D eigenvalue weighted by molar-refractivity contribution is 6.09. The van der Waals surface area contributed by atoms with Crippen molar-refractivity contribution >= 4 is 61.2 Å². The van der Waals surface area contributed by atoms with Gasteiger partial charge in [0.2, 0.25) is 5.71 Å². The van der Waals surface area contributed by atoms with E-state index in [0.29, 0.717) is 5.71 Å². The molecule has 256 valence electrons. The van der Waals surface area contributed by atoms with E-state index in [9.17, 15) is 0 Å². The molecule has 0 spiro atoms. The highest BCUT2D eigenvalue weighted by Crippen LogP contribution is 2.54.